The first-order chi connectivity index (χ1) is 5.77. The molecule has 4 atom stereocenters. The van der Waals surface area contributed by atoms with E-state index < -0.39 is 0 Å². The Hall–Kier alpha value is 0.250. The van der Waals surface area contributed by atoms with Gasteiger partial charge in [0.25, 0.3) is 0 Å². The topological polar surface area (TPSA) is 12.0 Å². The zero-order valence-electron chi connectivity index (χ0n) is 7.72. The molecule has 12 heavy (non-hydrogen) atoms. The van der Waals surface area contributed by atoms with Gasteiger partial charge in [0.1, 0.15) is 0 Å². The second-order valence-corrected chi connectivity index (χ2v) is 4.92. The quantitative estimate of drug-likeness (QED) is 0.575. The van der Waals surface area contributed by atoms with Crippen molar-refractivity contribution in [1.82, 2.24) is 5.32 Å². The SMILES string of the molecule is CC1CCC2C(Cl)CCCC2N1. The van der Waals surface area contributed by atoms with Crippen LogP contribution in [0.5, 0.6) is 0 Å². The lowest BCUT2D eigenvalue weighted by molar-refractivity contribution is 0.187. The summed E-state index contributed by atoms with van der Waals surface area (Å²) in [6.07, 6.45) is 6.55. The molecule has 2 aliphatic rings. The summed E-state index contributed by atoms with van der Waals surface area (Å²) < 4.78 is 0. The van der Waals surface area contributed by atoms with Gasteiger partial charge in [0.2, 0.25) is 0 Å². The minimum atomic E-state index is 0.448. The summed E-state index contributed by atoms with van der Waals surface area (Å²) in [5.74, 6) is 0.761. The molecule has 0 amide bonds. The summed E-state index contributed by atoms with van der Waals surface area (Å²) in [6.45, 7) is 2.29. The number of halogens is 1. The van der Waals surface area contributed by atoms with Gasteiger partial charge in [-0.3, -0.25) is 0 Å². The third-order valence-corrected chi connectivity index (χ3v) is 3.95. The predicted octanol–water partition coefficient (Wildman–Crippen LogP) is 2.53. The number of piperidine rings is 1. The van der Waals surface area contributed by atoms with Crippen LogP contribution >= 0.6 is 11.6 Å². The lowest BCUT2D eigenvalue weighted by Crippen LogP contribution is -2.50. The summed E-state index contributed by atoms with van der Waals surface area (Å²) in [7, 11) is 0. The van der Waals surface area contributed by atoms with Crippen LogP contribution in [0.4, 0.5) is 0 Å². The number of rotatable bonds is 0. The number of hydrogen-bond acceptors (Lipinski definition) is 1. The van der Waals surface area contributed by atoms with E-state index in [1.54, 1.807) is 0 Å². The number of nitrogens with one attached hydrogen (secondary N) is 1. The molecule has 1 nitrogen and oxygen atoms in total. The average molecular weight is 188 g/mol. The van der Waals surface area contributed by atoms with Crippen molar-refractivity contribution >= 4 is 11.6 Å². The van der Waals surface area contributed by atoms with Crippen molar-refractivity contribution < 1.29 is 0 Å². The summed E-state index contributed by atoms with van der Waals surface area (Å²) in [4.78, 5) is 0. The van der Waals surface area contributed by atoms with Crippen molar-refractivity contribution in [3.8, 4) is 0 Å². The maximum absolute atomic E-state index is 6.30. The fraction of sp³-hybridized carbons (Fsp3) is 1.00. The first-order valence-corrected chi connectivity index (χ1v) is 5.61. The fourth-order valence-electron chi connectivity index (χ4n) is 2.69. The fourth-order valence-corrected chi connectivity index (χ4v) is 3.15. The molecule has 0 spiro atoms. The molecule has 1 saturated carbocycles. The summed E-state index contributed by atoms with van der Waals surface area (Å²) in [6, 6.07) is 1.44. The Labute approximate surface area is 79.9 Å². The highest BCUT2D eigenvalue weighted by atomic mass is 35.5. The van der Waals surface area contributed by atoms with Gasteiger partial charge >= 0.3 is 0 Å². The molecule has 2 rings (SSSR count). The maximum atomic E-state index is 6.30. The molecule has 70 valence electrons. The molecule has 1 aliphatic heterocycles. The maximum Gasteiger partial charge on any atom is 0.0379 e. The summed E-state index contributed by atoms with van der Waals surface area (Å²) in [5, 5.41) is 4.11. The van der Waals surface area contributed by atoms with E-state index in [2.05, 4.69) is 12.2 Å². The minimum Gasteiger partial charge on any atom is -0.311 e. The largest absolute Gasteiger partial charge is 0.311 e. The van der Waals surface area contributed by atoms with Crippen LogP contribution in [0.2, 0.25) is 0 Å². The molecule has 2 fully saturated rings. The molecule has 1 heterocycles. The average Bonchev–Trinajstić information content (AvgIpc) is 2.04. The molecule has 0 bridgehead atoms. The minimum absolute atomic E-state index is 0.448. The van der Waals surface area contributed by atoms with Gasteiger partial charge in [-0.15, -0.1) is 11.6 Å². The van der Waals surface area contributed by atoms with Crippen molar-refractivity contribution in [3.63, 3.8) is 0 Å². The van der Waals surface area contributed by atoms with Gasteiger partial charge in [-0.05, 0) is 38.5 Å². The monoisotopic (exact) mass is 187 g/mol. The first-order valence-electron chi connectivity index (χ1n) is 5.17. The van der Waals surface area contributed by atoms with Gasteiger partial charge in [0, 0.05) is 17.5 Å². The number of alkyl halides is 1. The van der Waals surface area contributed by atoms with Crippen LogP contribution in [0.3, 0.4) is 0 Å². The van der Waals surface area contributed by atoms with Gasteiger partial charge in [-0.2, -0.15) is 0 Å². The molecule has 2 heteroatoms. The summed E-state index contributed by atoms with van der Waals surface area (Å²) >= 11 is 6.30. The van der Waals surface area contributed by atoms with E-state index in [0.717, 1.165) is 12.0 Å². The van der Waals surface area contributed by atoms with Gasteiger partial charge < -0.3 is 5.32 Å². The van der Waals surface area contributed by atoms with E-state index in [9.17, 15) is 0 Å². The zero-order chi connectivity index (χ0) is 8.55. The Kier molecular flexibility index (Phi) is 2.61. The highest BCUT2D eigenvalue weighted by Gasteiger charge is 2.35. The van der Waals surface area contributed by atoms with E-state index in [0.29, 0.717) is 11.4 Å². The highest BCUT2D eigenvalue weighted by Crippen LogP contribution is 2.35. The molecular weight excluding hydrogens is 170 g/mol. The summed E-state index contributed by atoms with van der Waals surface area (Å²) in [5.41, 5.74) is 0. The van der Waals surface area contributed by atoms with Crippen LogP contribution in [-0.2, 0) is 0 Å². The Balaban J connectivity index is 1.99. The predicted molar refractivity (Wildman–Crippen MR) is 52.6 cm³/mol. The van der Waals surface area contributed by atoms with Crippen molar-refractivity contribution in [2.24, 2.45) is 5.92 Å². The van der Waals surface area contributed by atoms with Crippen LogP contribution in [-0.4, -0.2) is 17.5 Å². The number of hydrogen-bond donors (Lipinski definition) is 1. The van der Waals surface area contributed by atoms with E-state index in [1.807, 2.05) is 0 Å². The van der Waals surface area contributed by atoms with Crippen LogP contribution < -0.4 is 5.32 Å². The van der Waals surface area contributed by atoms with E-state index in [-0.39, 0.29) is 0 Å². The van der Waals surface area contributed by atoms with Gasteiger partial charge in [-0.1, -0.05) is 6.42 Å². The second-order valence-electron chi connectivity index (χ2n) is 4.36. The standard InChI is InChI=1S/C10H18ClN/c1-7-5-6-8-9(11)3-2-4-10(8)12-7/h7-10,12H,2-6H2,1H3. The lowest BCUT2D eigenvalue weighted by Gasteiger charge is -2.42. The highest BCUT2D eigenvalue weighted by molar-refractivity contribution is 6.20. The van der Waals surface area contributed by atoms with Crippen LogP contribution in [0.25, 0.3) is 0 Å². The smallest absolute Gasteiger partial charge is 0.0379 e. The molecule has 4 unspecified atom stereocenters. The molecule has 1 saturated heterocycles. The Morgan fingerprint density at radius 2 is 2.00 bits per heavy atom. The van der Waals surface area contributed by atoms with Gasteiger partial charge in [0.15, 0.2) is 0 Å². The van der Waals surface area contributed by atoms with Crippen LogP contribution in [0.1, 0.15) is 39.0 Å². The molecule has 0 aromatic carbocycles. The van der Waals surface area contributed by atoms with Gasteiger partial charge in [0.05, 0.1) is 0 Å². The number of fused-ring (bicyclic) bond motifs is 1. The Morgan fingerprint density at radius 1 is 1.17 bits per heavy atom. The van der Waals surface area contributed by atoms with E-state index in [1.165, 1.54) is 32.1 Å². The van der Waals surface area contributed by atoms with Crippen molar-refractivity contribution in [2.45, 2.75) is 56.5 Å². The normalized spacial score (nSPS) is 48.5. The molecule has 1 aliphatic carbocycles. The van der Waals surface area contributed by atoms with Crippen LogP contribution in [0, 0.1) is 5.92 Å². The van der Waals surface area contributed by atoms with Crippen molar-refractivity contribution in [3.05, 3.63) is 0 Å². The molecule has 0 aromatic rings. The third-order valence-electron chi connectivity index (χ3n) is 3.41. The third kappa shape index (κ3) is 1.62. The van der Waals surface area contributed by atoms with E-state index in [4.69, 9.17) is 11.6 Å². The molecular formula is C10H18ClN. The molecule has 0 radical (unpaired) electrons. The van der Waals surface area contributed by atoms with Crippen molar-refractivity contribution in [1.29, 1.82) is 0 Å². The Bertz CT molecular complexity index is 160. The molecule has 1 N–H and O–H groups in total. The zero-order valence-corrected chi connectivity index (χ0v) is 8.48. The van der Waals surface area contributed by atoms with Gasteiger partial charge in [-0.25, -0.2) is 0 Å². The first kappa shape index (κ1) is 8.83. The Morgan fingerprint density at radius 3 is 2.83 bits per heavy atom. The second kappa shape index (κ2) is 3.55. The molecule has 0 aromatic heterocycles. The van der Waals surface area contributed by atoms with Crippen molar-refractivity contribution in [2.75, 3.05) is 0 Å². The van der Waals surface area contributed by atoms with Crippen LogP contribution in [0.15, 0.2) is 0 Å². The lowest BCUT2D eigenvalue weighted by atomic mass is 9.77. The van der Waals surface area contributed by atoms with E-state index >= 15 is 0 Å².